The number of esters is 1. The molecule has 3 rings (SSSR count). The van der Waals surface area contributed by atoms with Gasteiger partial charge in [0.25, 0.3) is 0 Å². The molecule has 0 atom stereocenters. The smallest absolute Gasteiger partial charge is 0.417 e. The van der Waals surface area contributed by atoms with E-state index in [1.54, 1.807) is 24.3 Å². The molecule has 138 valence electrons. The maximum absolute atomic E-state index is 12.4. The van der Waals surface area contributed by atoms with Crippen LogP contribution in [0.15, 0.2) is 59.1 Å². The van der Waals surface area contributed by atoms with Crippen LogP contribution < -0.4 is 10.1 Å². The van der Waals surface area contributed by atoms with Crippen molar-refractivity contribution >= 4 is 44.3 Å². The Labute approximate surface area is 169 Å². The first-order chi connectivity index (χ1) is 13.0. The summed E-state index contributed by atoms with van der Waals surface area (Å²) in [6.45, 7) is 1.89. The molecule has 0 aliphatic rings. The molecule has 27 heavy (non-hydrogen) atoms. The zero-order chi connectivity index (χ0) is 19.4. The van der Waals surface area contributed by atoms with Gasteiger partial charge in [0.05, 0.1) is 7.11 Å². The van der Waals surface area contributed by atoms with E-state index in [9.17, 15) is 9.59 Å². The average Bonchev–Trinajstić information content (AvgIpc) is 2.98. The molecule has 0 aliphatic heterocycles. The van der Waals surface area contributed by atoms with E-state index in [1.807, 2.05) is 37.3 Å². The lowest BCUT2D eigenvalue weighted by atomic mass is 10.0. The average molecular weight is 446 g/mol. The van der Waals surface area contributed by atoms with E-state index in [-0.39, 0.29) is 0 Å². The van der Waals surface area contributed by atoms with E-state index in [2.05, 4.69) is 21.2 Å². The Bertz CT molecular complexity index is 968. The normalized spacial score (nSPS) is 10.3. The molecule has 0 aliphatic carbocycles. The van der Waals surface area contributed by atoms with Crippen molar-refractivity contribution in [2.45, 2.75) is 6.92 Å². The highest BCUT2D eigenvalue weighted by molar-refractivity contribution is 9.10. The lowest BCUT2D eigenvalue weighted by Gasteiger charge is -2.09. The molecule has 0 fully saturated rings. The second-order valence-electron chi connectivity index (χ2n) is 5.56. The number of nitrogens with one attached hydrogen (secondary N) is 1. The highest BCUT2D eigenvalue weighted by atomic mass is 79.9. The van der Waals surface area contributed by atoms with Crippen molar-refractivity contribution in [2.24, 2.45) is 0 Å². The van der Waals surface area contributed by atoms with Gasteiger partial charge in [0, 0.05) is 14.9 Å². The van der Waals surface area contributed by atoms with Gasteiger partial charge in [-0.3, -0.25) is 5.32 Å². The number of carbonyl (C=O) groups excluding carboxylic acids is 2. The van der Waals surface area contributed by atoms with Crippen LogP contribution in [0.1, 0.15) is 15.2 Å². The quantitative estimate of drug-likeness (QED) is 0.508. The summed E-state index contributed by atoms with van der Waals surface area (Å²) in [4.78, 5) is 25.6. The van der Waals surface area contributed by atoms with Crippen LogP contribution >= 0.6 is 27.3 Å². The van der Waals surface area contributed by atoms with Gasteiger partial charge in [0.1, 0.15) is 16.3 Å². The summed E-state index contributed by atoms with van der Waals surface area (Å²) in [6, 6.07) is 16.3. The Morgan fingerprint density at radius 1 is 1.04 bits per heavy atom. The van der Waals surface area contributed by atoms with Crippen LogP contribution in [0.5, 0.6) is 5.75 Å². The lowest BCUT2D eigenvalue weighted by molar-refractivity contribution is 0.0603. The SMILES string of the molecule is COC(=O)c1c(NC(=O)Oc2ccccc2)sc(C)c1-c1ccc(Br)cc1. The molecule has 0 bridgehead atoms. The zero-order valence-electron chi connectivity index (χ0n) is 14.6. The molecule has 0 saturated heterocycles. The highest BCUT2D eigenvalue weighted by Gasteiger charge is 2.25. The Hall–Kier alpha value is -2.64. The van der Waals surface area contributed by atoms with Crippen LogP contribution in [-0.4, -0.2) is 19.2 Å². The van der Waals surface area contributed by atoms with E-state index in [0.717, 1.165) is 20.5 Å². The maximum Gasteiger partial charge on any atom is 0.417 e. The summed E-state index contributed by atoms with van der Waals surface area (Å²) in [5.41, 5.74) is 1.90. The Morgan fingerprint density at radius 2 is 1.70 bits per heavy atom. The highest BCUT2D eigenvalue weighted by Crippen LogP contribution is 2.40. The molecule has 1 amide bonds. The fraction of sp³-hybridized carbons (Fsp3) is 0.100. The van der Waals surface area contributed by atoms with Crippen molar-refractivity contribution in [3.8, 4) is 16.9 Å². The monoisotopic (exact) mass is 445 g/mol. The third-order valence-corrected chi connectivity index (χ3v) is 5.33. The lowest BCUT2D eigenvalue weighted by Crippen LogP contribution is -2.18. The number of benzene rings is 2. The van der Waals surface area contributed by atoms with E-state index in [4.69, 9.17) is 9.47 Å². The topological polar surface area (TPSA) is 64.6 Å². The van der Waals surface area contributed by atoms with Crippen molar-refractivity contribution < 1.29 is 19.1 Å². The summed E-state index contributed by atoms with van der Waals surface area (Å²) in [5.74, 6) is -0.108. The van der Waals surface area contributed by atoms with Crippen molar-refractivity contribution in [1.29, 1.82) is 0 Å². The summed E-state index contributed by atoms with van der Waals surface area (Å²) in [7, 11) is 1.31. The Morgan fingerprint density at radius 3 is 2.33 bits per heavy atom. The van der Waals surface area contributed by atoms with E-state index in [0.29, 0.717) is 16.3 Å². The fourth-order valence-electron chi connectivity index (χ4n) is 2.61. The van der Waals surface area contributed by atoms with Gasteiger partial charge in [-0.2, -0.15) is 0 Å². The molecule has 3 aromatic rings. The summed E-state index contributed by atoms with van der Waals surface area (Å²) < 4.78 is 11.1. The van der Waals surface area contributed by atoms with Crippen LogP contribution in [-0.2, 0) is 4.74 Å². The number of para-hydroxylation sites is 1. The molecule has 1 N–H and O–H groups in total. The van der Waals surface area contributed by atoms with Gasteiger partial charge in [0.15, 0.2) is 0 Å². The molecular weight excluding hydrogens is 430 g/mol. The Kier molecular flexibility index (Phi) is 5.93. The van der Waals surface area contributed by atoms with Crippen LogP contribution in [0.25, 0.3) is 11.1 Å². The molecular formula is C20H16BrNO4S. The van der Waals surface area contributed by atoms with Crippen LogP contribution in [0, 0.1) is 6.92 Å². The van der Waals surface area contributed by atoms with Crippen molar-refractivity contribution in [3.63, 3.8) is 0 Å². The van der Waals surface area contributed by atoms with Crippen molar-refractivity contribution in [2.75, 3.05) is 12.4 Å². The molecule has 2 aromatic carbocycles. The minimum atomic E-state index is -0.671. The van der Waals surface area contributed by atoms with Gasteiger partial charge in [-0.1, -0.05) is 46.3 Å². The molecule has 1 aromatic heterocycles. The fourth-order valence-corrected chi connectivity index (χ4v) is 3.92. The van der Waals surface area contributed by atoms with Gasteiger partial charge in [-0.05, 0) is 36.8 Å². The third kappa shape index (κ3) is 4.37. The van der Waals surface area contributed by atoms with Crippen LogP contribution in [0.3, 0.4) is 0 Å². The van der Waals surface area contributed by atoms with E-state index < -0.39 is 12.1 Å². The first kappa shape index (κ1) is 19.1. The largest absolute Gasteiger partial charge is 0.465 e. The predicted octanol–water partition coefficient (Wildman–Crippen LogP) is 5.88. The van der Waals surface area contributed by atoms with Gasteiger partial charge in [-0.25, -0.2) is 9.59 Å². The second kappa shape index (κ2) is 8.37. The minimum Gasteiger partial charge on any atom is -0.465 e. The van der Waals surface area contributed by atoms with Gasteiger partial charge in [0.2, 0.25) is 0 Å². The van der Waals surface area contributed by atoms with Gasteiger partial charge < -0.3 is 9.47 Å². The number of rotatable bonds is 4. The van der Waals surface area contributed by atoms with Crippen molar-refractivity contribution in [3.05, 3.63) is 69.5 Å². The van der Waals surface area contributed by atoms with Gasteiger partial charge >= 0.3 is 12.1 Å². The number of anilines is 1. The number of thiophene rings is 1. The standard InChI is InChI=1S/C20H16BrNO4S/c1-12-16(13-8-10-14(21)11-9-13)17(19(23)25-2)18(27-12)22-20(24)26-15-6-4-3-5-7-15/h3-11H,1-2H3,(H,22,24). The Balaban J connectivity index is 1.95. The molecule has 0 spiro atoms. The second-order valence-corrected chi connectivity index (χ2v) is 7.70. The summed E-state index contributed by atoms with van der Waals surface area (Å²) >= 11 is 4.70. The molecule has 7 heteroatoms. The molecule has 5 nitrogen and oxygen atoms in total. The minimum absolute atomic E-state index is 0.312. The number of hydrogen-bond acceptors (Lipinski definition) is 5. The predicted molar refractivity (Wildman–Crippen MR) is 110 cm³/mol. The summed E-state index contributed by atoms with van der Waals surface area (Å²) in [5, 5.41) is 3.05. The first-order valence-electron chi connectivity index (χ1n) is 8.01. The molecule has 0 saturated carbocycles. The number of methoxy groups -OCH3 is 1. The van der Waals surface area contributed by atoms with Gasteiger partial charge in [-0.15, -0.1) is 11.3 Å². The molecule has 0 radical (unpaired) electrons. The van der Waals surface area contributed by atoms with E-state index >= 15 is 0 Å². The number of halogens is 1. The van der Waals surface area contributed by atoms with Crippen LogP contribution in [0.2, 0.25) is 0 Å². The third-order valence-electron chi connectivity index (χ3n) is 3.78. The molecule has 0 unspecified atom stereocenters. The number of hydrogen-bond donors (Lipinski definition) is 1. The zero-order valence-corrected chi connectivity index (χ0v) is 17.0. The van der Waals surface area contributed by atoms with Crippen LogP contribution in [0.4, 0.5) is 9.80 Å². The number of carbonyl (C=O) groups is 2. The van der Waals surface area contributed by atoms with E-state index in [1.165, 1.54) is 18.4 Å². The summed E-state index contributed by atoms with van der Waals surface area (Å²) in [6.07, 6.45) is -0.671. The number of aryl methyl sites for hydroxylation is 1. The number of amides is 1. The first-order valence-corrected chi connectivity index (χ1v) is 9.62. The maximum atomic E-state index is 12.4. The molecule has 1 heterocycles. The number of ether oxygens (including phenoxy) is 2. The van der Waals surface area contributed by atoms with Crippen molar-refractivity contribution in [1.82, 2.24) is 0 Å².